The smallest absolute Gasteiger partial charge is 0.243 e. The summed E-state index contributed by atoms with van der Waals surface area (Å²) in [6, 6.07) is 7.16. The summed E-state index contributed by atoms with van der Waals surface area (Å²) in [5.74, 6) is -0.245. The lowest BCUT2D eigenvalue weighted by atomic mass is 9.81. The zero-order chi connectivity index (χ0) is 33.3. The molecule has 0 spiro atoms. The number of benzene rings is 1. The number of nitrogens with one attached hydrogen (secondary N) is 4. The number of aliphatic hydroxyl groups excluding tert-OH is 1. The summed E-state index contributed by atoms with van der Waals surface area (Å²) in [4.78, 5) is 47.8. The van der Waals surface area contributed by atoms with E-state index in [9.17, 15) is 19.5 Å². The number of amides is 3. The molecular weight excluding hydrogens is 580 g/mol. The third kappa shape index (κ3) is 12.7. The molecule has 0 aliphatic heterocycles. The molecule has 1 aliphatic rings. The number of unbranched alkanes of at least 4 members (excludes halogenated alkanes) is 1. The van der Waals surface area contributed by atoms with E-state index in [1.807, 2.05) is 36.4 Å². The molecular formula is C36H56N6O4. The van der Waals surface area contributed by atoms with Gasteiger partial charge in [0.05, 0.1) is 18.5 Å². The van der Waals surface area contributed by atoms with Crippen molar-refractivity contribution < 1.29 is 19.5 Å². The quantitative estimate of drug-likeness (QED) is 0.0952. The molecule has 0 bridgehead atoms. The van der Waals surface area contributed by atoms with E-state index >= 15 is 0 Å². The van der Waals surface area contributed by atoms with Crippen molar-refractivity contribution in [2.45, 2.75) is 115 Å². The number of carbonyl (C=O) groups is 3. The van der Waals surface area contributed by atoms with Crippen LogP contribution in [0.2, 0.25) is 0 Å². The van der Waals surface area contributed by atoms with Crippen LogP contribution < -0.4 is 21.7 Å². The zero-order valence-electron chi connectivity index (χ0n) is 27.8. The van der Waals surface area contributed by atoms with Crippen LogP contribution in [0.5, 0.6) is 0 Å². The number of aliphatic hydroxyl groups is 1. The fourth-order valence-corrected chi connectivity index (χ4v) is 6.31. The molecule has 1 saturated carbocycles. The molecule has 5 atom stereocenters. The van der Waals surface area contributed by atoms with E-state index in [1.54, 1.807) is 6.20 Å². The minimum absolute atomic E-state index is 0.105. The summed E-state index contributed by atoms with van der Waals surface area (Å²) in [5, 5.41) is 20.4. The molecule has 1 heterocycles. The Morgan fingerprint density at radius 2 is 1.72 bits per heavy atom. The van der Waals surface area contributed by atoms with Crippen molar-refractivity contribution >= 4 is 17.7 Å². The fourth-order valence-electron chi connectivity index (χ4n) is 6.31. The molecule has 46 heavy (non-hydrogen) atoms. The number of nitrogens with two attached hydrogens (primary N) is 1. The lowest BCUT2D eigenvalue weighted by molar-refractivity contribution is -0.132. The number of nitrogens with zero attached hydrogens (tertiary/aromatic N) is 1. The third-order valence-electron chi connectivity index (χ3n) is 9.18. The lowest BCUT2D eigenvalue weighted by Crippen LogP contribution is -2.57. The van der Waals surface area contributed by atoms with Crippen LogP contribution in [0.3, 0.4) is 0 Å². The maximum atomic E-state index is 14.0. The lowest BCUT2D eigenvalue weighted by Gasteiger charge is -2.33. The van der Waals surface area contributed by atoms with E-state index in [0.29, 0.717) is 49.8 Å². The summed E-state index contributed by atoms with van der Waals surface area (Å²) in [6.07, 6.45) is 13.2. The Labute approximate surface area is 274 Å². The predicted molar refractivity (Wildman–Crippen MR) is 181 cm³/mol. The number of H-pyrrole nitrogens is 1. The highest BCUT2D eigenvalue weighted by Gasteiger charge is 2.32. The molecule has 1 fully saturated rings. The van der Waals surface area contributed by atoms with Gasteiger partial charge in [-0.15, -0.1) is 6.58 Å². The molecule has 1 aromatic heterocycles. The van der Waals surface area contributed by atoms with E-state index in [2.05, 4.69) is 46.3 Å². The average molecular weight is 637 g/mol. The highest BCUT2D eigenvalue weighted by atomic mass is 16.3. The SMILES string of the molecule is C=C[C@@H](C[C@H](O)[C@H](CC1CCCCC1)NC(=O)[C@H](Cc1cnc[nH]1)NC(=O)[C@H](Cc1ccccc1)NC(=O)CCCCN)C(C)C. The Kier molecular flexibility index (Phi) is 16.0. The maximum Gasteiger partial charge on any atom is 0.243 e. The standard InChI is InChI=1S/C36H56N6O4/c1-4-28(25(2)3)21-33(43)30(19-26-13-7-5-8-14-26)41-36(46)32(22-29-23-38-24-39-29)42-35(45)31(20-27-15-9-6-10-16-27)40-34(44)17-11-12-18-37/h4,6,9-10,15-16,23-26,28,30-33,43H,1,5,7-8,11-14,17-22,37H2,2-3H3,(H,38,39)(H,40,44)(H,41,46)(H,42,45)/t28-,30-,31-,32-,33-/m0/s1. The van der Waals surface area contributed by atoms with Crippen molar-refractivity contribution in [3.8, 4) is 0 Å². The van der Waals surface area contributed by atoms with Crippen LogP contribution >= 0.6 is 0 Å². The monoisotopic (exact) mass is 636 g/mol. The van der Waals surface area contributed by atoms with E-state index < -0.39 is 30.1 Å². The zero-order valence-corrected chi connectivity index (χ0v) is 27.8. The molecule has 2 aromatic rings. The number of hydrogen-bond acceptors (Lipinski definition) is 6. The van der Waals surface area contributed by atoms with Crippen molar-refractivity contribution in [2.24, 2.45) is 23.5 Å². The van der Waals surface area contributed by atoms with Gasteiger partial charge < -0.3 is 31.8 Å². The van der Waals surface area contributed by atoms with Gasteiger partial charge in [-0.2, -0.15) is 0 Å². The first-order valence-corrected chi connectivity index (χ1v) is 17.1. The number of aromatic amines is 1. The van der Waals surface area contributed by atoms with Crippen molar-refractivity contribution in [1.82, 2.24) is 25.9 Å². The van der Waals surface area contributed by atoms with Gasteiger partial charge in [-0.05, 0) is 55.5 Å². The van der Waals surface area contributed by atoms with E-state index in [-0.39, 0.29) is 37.0 Å². The molecule has 10 heteroatoms. The van der Waals surface area contributed by atoms with Gasteiger partial charge in [-0.1, -0.05) is 82.4 Å². The molecule has 0 radical (unpaired) electrons. The predicted octanol–water partition coefficient (Wildman–Crippen LogP) is 3.96. The first-order valence-electron chi connectivity index (χ1n) is 17.1. The van der Waals surface area contributed by atoms with Gasteiger partial charge >= 0.3 is 0 Å². The van der Waals surface area contributed by atoms with Crippen molar-refractivity contribution in [3.63, 3.8) is 0 Å². The Balaban J connectivity index is 1.81. The van der Waals surface area contributed by atoms with Gasteiger partial charge in [-0.25, -0.2) is 4.98 Å². The largest absolute Gasteiger partial charge is 0.391 e. The summed E-state index contributed by atoms with van der Waals surface area (Å²) in [6.45, 7) is 8.67. The van der Waals surface area contributed by atoms with Crippen LogP contribution in [0.15, 0.2) is 55.5 Å². The number of imidazole rings is 1. The number of rotatable bonds is 20. The molecule has 254 valence electrons. The number of allylic oxidation sites excluding steroid dienone is 1. The average Bonchev–Trinajstić information content (AvgIpc) is 3.56. The summed E-state index contributed by atoms with van der Waals surface area (Å²) < 4.78 is 0. The molecule has 7 N–H and O–H groups in total. The molecule has 0 saturated heterocycles. The van der Waals surface area contributed by atoms with Crippen LogP contribution in [0.25, 0.3) is 0 Å². The Hall–Kier alpha value is -3.50. The minimum Gasteiger partial charge on any atom is -0.391 e. The van der Waals surface area contributed by atoms with Gasteiger partial charge in [0.15, 0.2) is 0 Å². The highest BCUT2D eigenvalue weighted by Crippen LogP contribution is 2.30. The maximum absolute atomic E-state index is 14.0. The van der Waals surface area contributed by atoms with Gasteiger partial charge in [0.25, 0.3) is 0 Å². The fraction of sp³-hybridized carbons (Fsp3) is 0.611. The van der Waals surface area contributed by atoms with E-state index in [4.69, 9.17) is 5.73 Å². The number of aromatic nitrogens is 2. The highest BCUT2D eigenvalue weighted by molar-refractivity contribution is 5.92. The molecule has 10 nitrogen and oxygen atoms in total. The first-order chi connectivity index (χ1) is 22.2. The minimum atomic E-state index is -0.957. The number of carbonyl (C=O) groups excluding carboxylic acids is 3. The number of hydrogen-bond donors (Lipinski definition) is 6. The molecule has 0 unspecified atom stereocenters. The van der Waals surface area contributed by atoms with Gasteiger partial charge in [0.2, 0.25) is 17.7 Å². The second-order valence-electron chi connectivity index (χ2n) is 13.2. The Morgan fingerprint density at radius 3 is 2.35 bits per heavy atom. The summed E-state index contributed by atoms with van der Waals surface area (Å²) >= 11 is 0. The third-order valence-corrected chi connectivity index (χ3v) is 9.18. The van der Waals surface area contributed by atoms with Gasteiger partial charge in [0.1, 0.15) is 12.1 Å². The van der Waals surface area contributed by atoms with Crippen molar-refractivity contribution in [1.29, 1.82) is 0 Å². The molecule has 1 aliphatic carbocycles. The van der Waals surface area contributed by atoms with Crippen LogP contribution in [0.4, 0.5) is 0 Å². The van der Waals surface area contributed by atoms with Gasteiger partial charge in [-0.3, -0.25) is 14.4 Å². The summed E-state index contributed by atoms with van der Waals surface area (Å²) in [5.41, 5.74) is 7.16. The van der Waals surface area contributed by atoms with Crippen LogP contribution in [-0.4, -0.2) is 63.6 Å². The van der Waals surface area contributed by atoms with Crippen molar-refractivity contribution in [2.75, 3.05) is 6.54 Å². The molecule has 3 amide bonds. The van der Waals surface area contributed by atoms with E-state index in [0.717, 1.165) is 31.2 Å². The van der Waals surface area contributed by atoms with Crippen LogP contribution in [0.1, 0.15) is 89.3 Å². The molecule has 3 rings (SSSR count). The molecule has 1 aromatic carbocycles. The first kappa shape index (κ1) is 37.0. The normalized spacial score (nSPS) is 17.0. The second kappa shape index (κ2) is 19.9. The van der Waals surface area contributed by atoms with Gasteiger partial charge in [0, 0.05) is 31.2 Å². The van der Waals surface area contributed by atoms with Crippen LogP contribution in [0, 0.1) is 17.8 Å². The van der Waals surface area contributed by atoms with Crippen LogP contribution in [-0.2, 0) is 27.2 Å². The second-order valence-corrected chi connectivity index (χ2v) is 13.2. The topological polar surface area (TPSA) is 162 Å². The Morgan fingerprint density at radius 1 is 1.02 bits per heavy atom. The Bertz CT molecular complexity index is 1180. The van der Waals surface area contributed by atoms with E-state index in [1.165, 1.54) is 12.7 Å². The van der Waals surface area contributed by atoms with Crippen molar-refractivity contribution in [3.05, 3.63) is 66.8 Å². The summed E-state index contributed by atoms with van der Waals surface area (Å²) in [7, 11) is 0.